The molecule has 1 heterocycles. The van der Waals surface area contributed by atoms with Crippen molar-refractivity contribution in [3.63, 3.8) is 0 Å². The van der Waals surface area contributed by atoms with E-state index in [0.717, 1.165) is 0 Å². The highest BCUT2D eigenvalue weighted by molar-refractivity contribution is 7.99. The minimum Gasteiger partial charge on any atom is -0.343 e. The average molecular weight is 774 g/mol. The third kappa shape index (κ3) is 4.87. The van der Waals surface area contributed by atoms with E-state index in [2.05, 4.69) is 210 Å². The van der Waals surface area contributed by atoms with Gasteiger partial charge in [0.25, 0.3) is 0 Å². The van der Waals surface area contributed by atoms with Crippen molar-refractivity contribution in [1.82, 2.24) is 0 Å². The van der Waals surface area contributed by atoms with Crippen LogP contribution in [0.25, 0.3) is 77.2 Å². The molecule has 2 heteroatoms. The summed E-state index contributed by atoms with van der Waals surface area (Å²) >= 11 is 1.86. The molecule has 3 aliphatic rings. The maximum atomic E-state index is 2.50. The predicted octanol–water partition coefficient (Wildman–Crippen LogP) is 15.8. The molecule has 0 atom stereocenters. The number of rotatable bonds is 3. The van der Waals surface area contributed by atoms with Crippen molar-refractivity contribution in [2.24, 2.45) is 0 Å². The van der Waals surface area contributed by atoms with Crippen LogP contribution in [0.5, 0.6) is 0 Å². The van der Waals surface area contributed by atoms with Crippen LogP contribution in [0.2, 0.25) is 0 Å². The molecule has 0 saturated heterocycles. The fraction of sp³-hybridized carbons (Fsp3) is 0.123. The molecule has 1 nitrogen and oxygen atoms in total. The maximum Gasteiger partial charge on any atom is 0.0556 e. The molecule has 9 aromatic carbocycles. The first-order chi connectivity index (χ1) is 28.7. The molecular weight excluding hydrogens is 731 g/mol. The lowest BCUT2D eigenvalue weighted by Gasteiger charge is -2.30. The Balaban J connectivity index is 1.11. The van der Waals surface area contributed by atoms with Crippen molar-refractivity contribution in [2.45, 2.75) is 48.3 Å². The van der Waals surface area contributed by atoms with Crippen LogP contribution in [0.3, 0.4) is 0 Å². The van der Waals surface area contributed by atoms with Gasteiger partial charge in [-0.3, -0.25) is 0 Å². The highest BCUT2D eigenvalue weighted by atomic mass is 32.2. The van der Waals surface area contributed by atoms with Gasteiger partial charge in [0.2, 0.25) is 0 Å². The molecule has 0 amide bonds. The van der Waals surface area contributed by atoms with E-state index in [9.17, 15) is 0 Å². The molecule has 1 aliphatic heterocycles. The molecule has 2 aliphatic carbocycles. The molecule has 0 bridgehead atoms. The molecule has 0 N–H and O–H groups in total. The van der Waals surface area contributed by atoms with Crippen LogP contribution >= 0.6 is 11.8 Å². The SMILES string of the molecule is CN1c2ccccc2Sc2ccc(-c3c4ccccc4c(-c4ccc5c(c4)C(C)(C)c4ccccc4-5)c4cc(-c5ccc6c(c5)C(C)(C)c5ccccc5-6)ccc34)cc21. The van der Waals surface area contributed by atoms with E-state index >= 15 is 0 Å². The normalized spacial score (nSPS) is 15.0. The van der Waals surface area contributed by atoms with Gasteiger partial charge in [0, 0.05) is 27.7 Å². The van der Waals surface area contributed by atoms with E-state index in [1.54, 1.807) is 0 Å². The quantitative estimate of drug-likeness (QED) is 0.165. The summed E-state index contributed by atoms with van der Waals surface area (Å²) in [5.41, 5.74) is 20.9. The third-order valence-corrected chi connectivity index (χ3v) is 15.0. The van der Waals surface area contributed by atoms with Crippen LogP contribution in [-0.2, 0) is 10.8 Å². The van der Waals surface area contributed by atoms with Crippen LogP contribution in [0, 0.1) is 0 Å². The summed E-state index contributed by atoms with van der Waals surface area (Å²) in [5.74, 6) is 0. The summed E-state index contributed by atoms with van der Waals surface area (Å²) in [6.07, 6.45) is 0. The van der Waals surface area contributed by atoms with E-state index in [4.69, 9.17) is 0 Å². The van der Waals surface area contributed by atoms with Crippen LogP contribution < -0.4 is 4.90 Å². The second kappa shape index (κ2) is 12.3. The number of para-hydroxylation sites is 1. The van der Waals surface area contributed by atoms with E-state index in [1.165, 1.54) is 121 Å². The third-order valence-electron chi connectivity index (χ3n) is 13.9. The molecular formula is C57H43NS. The Morgan fingerprint density at radius 2 is 0.814 bits per heavy atom. The number of fused-ring (bicyclic) bond motifs is 10. The Kier molecular flexibility index (Phi) is 7.25. The zero-order valence-corrected chi connectivity index (χ0v) is 34.8. The Morgan fingerprint density at radius 1 is 0.356 bits per heavy atom. The highest BCUT2D eigenvalue weighted by Crippen LogP contribution is 2.54. The molecule has 0 radical (unpaired) electrons. The Labute approximate surface area is 351 Å². The van der Waals surface area contributed by atoms with Gasteiger partial charge in [-0.15, -0.1) is 0 Å². The Bertz CT molecular complexity index is 3270. The van der Waals surface area contributed by atoms with Gasteiger partial charge < -0.3 is 4.90 Å². The molecule has 59 heavy (non-hydrogen) atoms. The van der Waals surface area contributed by atoms with E-state index in [1.807, 2.05) is 11.8 Å². The maximum absolute atomic E-state index is 2.50. The second-order valence-electron chi connectivity index (χ2n) is 17.7. The van der Waals surface area contributed by atoms with Crippen LogP contribution in [0.15, 0.2) is 180 Å². The van der Waals surface area contributed by atoms with E-state index in [-0.39, 0.29) is 10.8 Å². The van der Waals surface area contributed by atoms with Crippen LogP contribution in [0.1, 0.15) is 49.9 Å². The highest BCUT2D eigenvalue weighted by Gasteiger charge is 2.37. The number of hydrogen-bond acceptors (Lipinski definition) is 2. The summed E-state index contributed by atoms with van der Waals surface area (Å²) in [4.78, 5) is 4.94. The Hall–Kier alpha value is -6.35. The summed E-state index contributed by atoms with van der Waals surface area (Å²) < 4.78 is 0. The fourth-order valence-electron chi connectivity index (χ4n) is 10.8. The molecule has 0 fully saturated rings. The van der Waals surface area contributed by atoms with Crippen molar-refractivity contribution in [2.75, 3.05) is 11.9 Å². The van der Waals surface area contributed by atoms with Gasteiger partial charge in [-0.05, 0) is 142 Å². The van der Waals surface area contributed by atoms with E-state index in [0.29, 0.717) is 0 Å². The van der Waals surface area contributed by atoms with Gasteiger partial charge in [0.15, 0.2) is 0 Å². The molecule has 0 saturated carbocycles. The molecule has 0 spiro atoms. The monoisotopic (exact) mass is 773 g/mol. The minimum atomic E-state index is -0.0980. The zero-order chi connectivity index (χ0) is 39.8. The lowest BCUT2D eigenvalue weighted by Crippen LogP contribution is -2.15. The van der Waals surface area contributed by atoms with Crippen molar-refractivity contribution in [3.05, 3.63) is 192 Å². The molecule has 0 aromatic heterocycles. The van der Waals surface area contributed by atoms with Crippen molar-refractivity contribution in [1.29, 1.82) is 0 Å². The average Bonchev–Trinajstić information content (AvgIpc) is 3.64. The first kappa shape index (κ1) is 34.7. The van der Waals surface area contributed by atoms with Crippen molar-refractivity contribution < 1.29 is 0 Å². The van der Waals surface area contributed by atoms with Gasteiger partial charge in [-0.2, -0.15) is 0 Å². The summed E-state index contributed by atoms with van der Waals surface area (Å²) in [6.45, 7) is 9.52. The van der Waals surface area contributed by atoms with Gasteiger partial charge >= 0.3 is 0 Å². The topological polar surface area (TPSA) is 3.24 Å². The number of anilines is 2. The summed E-state index contributed by atoms with van der Waals surface area (Å²) in [7, 11) is 2.21. The number of nitrogens with zero attached hydrogens (tertiary/aromatic N) is 1. The first-order valence-corrected chi connectivity index (χ1v) is 21.6. The summed E-state index contributed by atoms with van der Waals surface area (Å²) in [5, 5.41) is 5.09. The largest absolute Gasteiger partial charge is 0.343 e. The predicted molar refractivity (Wildman–Crippen MR) is 252 cm³/mol. The van der Waals surface area contributed by atoms with Gasteiger partial charge in [-0.1, -0.05) is 167 Å². The molecule has 9 aromatic rings. The van der Waals surface area contributed by atoms with Gasteiger partial charge in [0.05, 0.1) is 11.4 Å². The standard InChI is InChI=1S/C57H43NS/c1-56(2)46-18-10-8-14-38(46)40-26-22-35(31-48(40)56)34-23-28-44-45(30-34)55(36-24-27-41-39-15-9-11-19-47(39)57(3,4)49(41)32-36)43-17-7-6-16-42(43)54(44)37-25-29-53-51(33-37)58(5)50-20-12-13-21-52(50)59-53/h6-33H,1-5H3. The summed E-state index contributed by atoms with van der Waals surface area (Å²) in [6, 6.07) is 64.5. The second-order valence-corrected chi connectivity index (χ2v) is 18.8. The van der Waals surface area contributed by atoms with Crippen LogP contribution in [0.4, 0.5) is 11.4 Å². The zero-order valence-electron chi connectivity index (χ0n) is 34.0. The smallest absolute Gasteiger partial charge is 0.0556 e. The van der Waals surface area contributed by atoms with Crippen molar-refractivity contribution in [3.8, 4) is 55.6 Å². The van der Waals surface area contributed by atoms with Gasteiger partial charge in [0.1, 0.15) is 0 Å². The minimum absolute atomic E-state index is 0.0689. The lowest BCUT2D eigenvalue weighted by atomic mass is 9.80. The van der Waals surface area contributed by atoms with Gasteiger partial charge in [-0.25, -0.2) is 0 Å². The number of benzene rings is 9. The lowest BCUT2D eigenvalue weighted by molar-refractivity contribution is 0.660. The van der Waals surface area contributed by atoms with Crippen LogP contribution in [-0.4, -0.2) is 7.05 Å². The molecule has 282 valence electrons. The first-order valence-electron chi connectivity index (χ1n) is 20.8. The van der Waals surface area contributed by atoms with Crippen molar-refractivity contribution >= 4 is 44.7 Å². The Morgan fingerprint density at radius 3 is 1.51 bits per heavy atom. The number of hydrogen-bond donors (Lipinski definition) is 0. The van der Waals surface area contributed by atoms with E-state index < -0.39 is 0 Å². The molecule has 12 rings (SSSR count). The molecule has 0 unspecified atom stereocenters. The fourth-order valence-corrected chi connectivity index (χ4v) is 11.9.